The van der Waals surface area contributed by atoms with Crippen LogP contribution in [0.1, 0.15) is 6.42 Å². The maximum atomic E-state index is 13.0. The number of benzene rings is 2. The Labute approximate surface area is 154 Å². The summed E-state index contributed by atoms with van der Waals surface area (Å²) in [6.45, 7) is 1.39. The van der Waals surface area contributed by atoms with Gasteiger partial charge in [-0.05, 0) is 30.3 Å². The molecule has 0 bridgehead atoms. The van der Waals surface area contributed by atoms with Gasteiger partial charge in [-0.1, -0.05) is 34.1 Å². The molecule has 25 heavy (non-hydrogen) atoms. The highest BCUT2D eigenvalue weighted by Crippen LogP contribution is 2.34. The van der Waals surface area contributed by atoms with E-state index in [0.717, 1.165) is 21.6 Å². The first kappa shape index (κ1) is 16.1. The predicted octanol–water partition coefficient (Wildman–Crippen LogP) is 3.23. The summed E-state index contributed by atoms with van der Waals surface area (Å²) in [6.07, 6.45) is 0.241. The van der Waals surface area contributed by atoms with E-state index in [4.69, 9.17) is 4.74 Å². The zero-order valence-corrected chi connectivity index (χ0v) is 15.1. The molecule has 2 aromatic rings. The fourth-order valence-electron chi connectivity index (χ4n) is 3.39. The summed E-state index contributed by atoms with van der Waals surface area (Å²) >= 11 is 3.43. The van der Waals surface area contributed by atoms with Crippen molar-refractivity contribution in [2.45, 2.75) is 6.42 Å². The van der Waals surface area contributed by atoms with Gasteiger partial charge in [-0.2, -0.15) is 0 Å². The van der Waals surface area contributed by atoms with Crippen LogP contribution in [0.2, 0.25) is 0 Å². The van der Waals surface area contributed by atoms with Crippen molar-refractivity contribution in [2.24, 2.45) is 5.92 Å². The van der Waals surface area contributed by atoms with Crippen molar-refractivity contribution >= 4 is 39.1 Å². The number of hydrogen-bond donors (Lipinski definition) is 0. The molecule has 1 fully saturated rings. The summed E-state index contributed by atoms with van der Waals surface area (Å²) in [5.74, 6) is 0.354. The summed E-state index contributed by atoms with van der Waals surface area (Å²) in [4.78, 5) is 28.9. The number of carbonyl (C=O) groups is 2. The van der Waals surface area contributed by atoms with Crippen molar-refractivity contribution in [2.75, 3.05) is 29.5 Å². The number of nitrogens with zero attached hydrogens (tertiary/aromatic N) is 2. The molecule has 1 atom stereocenters. The van der Waals surface area contributed by atoms with Crippen molar-refractivity contribution in [3.05, 3.63) is 53.0 Å². The average molecular weight is 401 g/mol. The third kappa shape index (κ3) is 3.02. The summed E-state index contributed by atoms with van der Waals surface area (Å²) in [7, 11) is 0. The second kappa shape index (κ2) is 6.52. The molecule has 2 amide bonds. The molecule has 2 heterocycles. The van der Waals surface area contributed by atoms with Gasteiger partial charge in [0.15, 0.2) is 0 Å². The molecule has 128 valence electrons. The van der Waals surface area contributed by atoms with E-state index in [2.05, 4.69) is 15.9 Å². The SMILES string of the molecule is O=C1CC(C(=O)N2CCOc3ccccc32)CN1c1cccc(Br)c1. The van der Waals surface area contributed by atoms with Crippen LogP contribution in [0.25, 0.3) is 0 Å². The monoisotopic (exact) mass is 400 g/mol. The van der Waals surface area contributed by atoms with Gasteiger partial charge in [0.1, 0.15) is 12.4 Å². The quantitative estimate of drug-likeness (QED) is 0.777. The predicted molar refractivity (Wildman–Crippen MR) is 98.9 cm³/mol. The molecule has 1 unspecified atom stereocenters. The van der Waals surface area contributed by atoms with Crippen molar-refractivity contribution in [3.63, 3.8) is 0 Å². The number of amides is 2. The molecule has 2 aromatic carbocycles. The smallest absolute Gasteiger partial charge is 0.232 e. The molecule has 6 heteroatoms. The van der Waals surface area contributed by atoms with Crippen LogP contribution in [0.4, 0.5) is 11.4 Å². The lowest BCUT2D eigenvalue weighted by atomic mass is 10.1. The molecule has 2 aliphatic heterocycles. The fourth-order valence-corrected chi connectivity index (χ4v) is 3.77. The number of anilines is 2. The van der Waals surface area contributed by atoms with Crippen molar-refractivity contribution in [1.82, 2.24) is 0 Å². The molecule has 0 spiro atoms. The van der Waals surface area contributed by atoms with Crippen LogP contribution in [-0.4, -0.2) is 31.5 Å². The maximum Gasteiger partial charge on any atom is 0.232 e. The first-order valence-corrected chi connectivity index (χ1v) is 9.02. The minimum absolute atomic E-state index is 0.0124. The van der Waals surface area contributed by atoms with Gasteiger partial charge in [0.25, 0.3) is 0 Å². The highest BCUT2D eigenvalue weighted by atomic mass is 79.9. The van der Waals surface area contributed by atoms with E-state index in [-0.39, 0.29) is 24.2 Å². The number of rotatable bonds is 2. The number of carbonyl (C=O) groups excluding carboxylic acids is 2. The Bertz CT molecular complexity index is 839. The number of ether oxygens (including phenoxy) is 1. The van der Waals surface area contributed by atoms with Gasteiger partial charge in [-0.15, -0.1) is 0 Å². The first-order valence-electron chi connectivity index (χ1n) is 8.22. The van der Waals surface area contributed by atoms with Crippen LogP contribution >= 0.6 is 15.9 Å². The second-order valence-corrected chi connectivity index (χ2v) is 7.11. The third-order valence-corrected chi connectivity index (χ3v) is 5.08. The Morgan fingerprint density at radius 3 is 2.84 bits per heavy atom. The van der Waals surface area contributed by atoms with E-state index >= 15 is 0 Å². The Kier molecular flexibility index (Phi) is 4.21. The van der Waals surface area contributed by atoms with Crippen LogP contribution in [0, 0.1) is 5.92 Å². The lowest BCUT2D eigenvalue weighted by Crippen LogP contribution is -2.42. The average Bonchev–Trinajstić information content (AvgIpc) is 3.02. The Balaban J connectivity index is 1.56. The number of fused-ring (bicyclic) bond motifs is 1. The second-order valence-electron chi connectivity index (χ2n) is 6.19. The number of halogens is 1. The number of hydrogen-bond acceptors (Lipinski definition) is 3. The molecule has 1 saturated heterocycles. The van der Waals surface area contributed by atoms with E-state index < -0.39 is 0 Å². The molecular weight excluding hydrogens is 384 g/mol. The van der Waals surface area contributed by atoms with Crippen LogP contribution in [0.3, 0.4) is 0 Å². The maximum absolute atomic E-state index is 13.0. The van der Waals surface area contributed by atoms with Crippen molar-refractivity contribution in [1.29, 1.82) is 0 Å². The van der Waals surface area contributed by atoms with Gasteiger partial charge >= 0.3 is 0 Å². The summed E-state index contributed by atoms with van der Waals surface area (Å²) < 4.78 is 6.53. The van der Waals surface area contributed by atoms with E-state index in [1.54, 1.807) is 9.80 Å². The standard InChI is InChI=1S/C19H17BrN2O3/c20-14-4-3-5-15(11-14)22-12-13(10-18(22)23)19(24)21-8-9-25-17-7-2-1-6-16(17)21/h1-7,11,13H,8-10,12H2. The molecule has 0 aromatic heterocycles. The fraction of sp³-hybridized carbons (Fsp3) is 0.263. The molecule has 0 aliphatic carbocycles. The van der Waals surface area contributed by atoms with Crippen molar-refractivity contribution in [3.8, 4) is 5.75 Å². The first-order chi connectivity index (χ1) is 12.1. The van der Waals surface area contributed by atoms with Gasteiger partial charge < -0.3 is 14.5 Å². The molecule has 4 rings (SSSR count). The lowest BCUT2D eigenvalue weighted by Gasteiger charge is -2.31. The minimum Gasteiger partial charge on any atom is -0.490 e. The van der Waals surface area contributed by atoms with E-state index in [0.29, 0.717) is 19.7 Å². The molecule has 0 saturated carbocycles. The summed E-state index contributed by atoms with van der Waals surface area (Å²) in [5, 5.41) is 0. The van der Waals surface area contributed by atoms with Crippen LogP contribution in [0.5, 0.6) is 5.75 Å². The van der Waals surface area contributed by atoms with Gasteiger partial charge in [-0.25, -0.2) is 0 Å². The highest BCUT2D eigenvalue weighted by molar-refractivity contribution is 9.10. The van der Waals surface area contributed by atoms with Gasteiger partial charge in [-0.3, -0.25) is 9.59 Å². The van der Waals surface area contributed by atoms with Gasteiger partial charge in [0.2, 0.25) is 11.8 Å². The Hall–Kier alpha value is -2.34. The normalized spacial score (nSPS) is 19.6. The molecule has 0 radical (unpaired) electrons. The Morgan fingerprint density at radius 2 is 2.00 bits per heavy atom. The summed E-state index contributed by atoms with van der Waals surface area (Å²) in [6, 6.07) is 15.1. The lowest BCUT2D eigenvalue weighted by molar-refractivity contribution is -0.124. The van der Waals surface area contributed by atoms with Crippen molar-refractivity contribution < 1.29 is 14.3 Å². The highest BCUT2D eigenvalue weighted by Gasteiger charge is 2.38. The van der Waals surface area contributed by atoms with Crippen LogP contribution in [-0.2, 0) is 9.59 Å². The van der Waals surface area contributed by atoms with E-state index in [1.807, 2.05) is 48.5 Å². The zero-order valence-electron chi connectivity index (χ0n) is 13.5. The van der Waals surface area contributed by atoms with Crippen LogP contribution < -0.4 is 14.5 Å². The number of para-hydroxylation sites is 2. The third-order valence-electron chi connectivity index (χ3n) is 4.59. The summed E-state index contributed by atoms with van der Waals surface area (Å²) in [5.41, 5.74) is 1.60. The largest absolute Gasteiger partial charge is 0.490 e. The molecule has 0 N–H and O–H groups in total. The zero-order chi connectivity index (χ0) is 17.4. The van der Waals surface area contributed by atoms with Gasteiger partial charge in [0.05, 0.1) is 18.2 Å². The van der Waals surface area contributed by atoms with Crippen LogP contribution in [0.15, 0.2) is 53.0 Å². The Morgan fingerprint density at radius 1 is 1.16 bits per heavy atom. The van der Waals surface area contributed by atoms with E-state index in [1.165, 1.54) is 0 Å². The molecule has 5 nitrogen and oxygen atoms in total. The molecule has 2 aliphatic rings. The minimum atomic E-state index is -0.336. The van der Waals surface area contributed by atoms with Gasteiger partial charge in [0, 0.05) is 23.1 Å². The topological polar surface area (TPSA) is 49.9 Å². The van der Waals surface area contributed by atoms with E-state index in [9.17, 15) is 9.59 Å². The molecular formula is C19H17BrN2O3.